The first kappa shape index (κ1) is 19.7. The van der Waals surface area contributed by atoms with Crippen LogP contribution < -0.4 is 25.9 Å². The number of halogens is 1. The van der Waals surface area contributed by atoms with E-state index in [0.717, 1.165) is 4.47 Å². The van der Waals surface area contributed by atoms with Crippen LogP contribution in [-0.4, -0.2) is 31.0 Å². The van der Waals surface area contributed by atoms with Gasteiger partial charge in [-0.05, 0) is 42.5 Å². The molecule has 0 unspecified atom stereocenters. The lowest BCUT2D eigenvalue weighted by molar-refractivity contribution is -0.118. The van der Waals surface area contributed by atoms with E-state index in [9.17, 15) is 4.79 Å². The van der Waals surface area contributed by atoms with Gasteiger partial charge in [-0.3, -0.25) is 10.2 Å². The van der Waals surface area contributed by atoms with Gasteiger partial charge in [0.25, 0.3) is 5.91 Å². The van der Waals surface area contributed by atoms with Crippen LogP contribution in [0.15, 0.2) is 52.0 Å². The molecule has 0 aromatic heterocycles. The van der Waals surface area contributed by atoms with E-state index >= 15 is 0 Å². The van der Waals surface area contributed by atoms with Gasteiger partial charge in [0.05, 0.1) is 19.0 Å². The van der Waals surface area contributed by atoms with Crippen LogP contribution in [0.1, 0.15) is 5.56 Å². The summed E-state index contributed by atoms with van der Waals surface area (Å²) in [5.41, 5.74) is 9.01. The number of hydrogen-bond acceptors (Lipinski definition) is 5. The van der Waals surface area contributed by atoms with Crippen LogP contribution in [0, 0.1) is 0 Å². The van der Waals surface area contributed by atoms with E-state index in [1.165, 1.54) is 13.3 Å². The molecule has 4 N–H and O–H groups in total. The predicted octanol–water partition coefficient (Wildman–Crippen LogP) is 2.64. The molecule has 2 aromatic carbocycles. The van der Waals surface area contributed by atoms with Crippen molar-refractivity contribution in [3.8, 4) is 11.5 Å². The Morgan fingerprint density at radius 2 is 2.08 bits per heavy atom. The summed E-state index contributed by atoms with van der Waals surface area (Å²) >= 11 is 8.06. The van der Waals surface area contributed by atoms with Crippen molar-refractivity contribution >= 4 is 51.1 Å². The van der Waals surface area contributed by atoms with Crippen molar-refractivity contribution in [3.63, 3.8) is 0 Å². The number of nitrogens with zero attached hydrogens (tertiary/aromatic N) is 1. The highest BCUT2D eigenvalue weighted by molar-refractivity contribution is 9.10. The zero-order valence-electron chi connectivity index (χ0n) is 13.9. The average Bonchev–Trinajstić information content (AvgIpc) is 2.61. The van der Waals surface area contributed by atoms with Crippen LogP contribution in [0.2, 0.25) is 0 Å². The molecule has 2 rings (SSSR count). The SMILES string of the molecule is COc1ccccc1NC(=O)COc1ccc(Br)cc1/C=N\NC(N)=S. The number of para-hydroxylation sites is 2. The highest BCUT2D eigenvalue weighted by atomic mass is 79.9. The van der Waals surface area contributed by atoms with E-state index in [4.69, 9.17) is 15.2 Å². The molecule has 0 heterocycles. The van der Waals surface area contributed by atoms with E-state index in [-0.39, 0.29) is 17.6 Å². The van der Waals surface area contributed by atoms with Gasteiger partial charge in [-0.2, -0.15) is 5.10 Å². The van der Waals surface area contributed by atoms with Gasteiger partial charge in [-0.25, -0.2) is 0 Å². The third-order valence-electron chi connectivity index (χ3n) is 3.09. The molecule has 0 fully saturated rings. The lowest BCUT2D eigenvalue weighted by Gasteiger charge is -2.12. The molecule has 26 heavy (non-hydrogen) atoms. The van der Waals surface area contributed by atoms with Crippen LogP contribution in [0.3, 0.4) is 0 Å². The molecule has 0 radical (unpaired) electrons. The number of nitrogens with one attached hydrogen (secondary N) is 2. The number of benzene rings is 2. The van der Waals surface area contributed by atoms with Crippen LogP contribution in [-0.2, 0) is 4.79 Å². The Balaban J connectivity index is 2.03. The molecule has 0 aliphatic heterocycles. The van der Waals surface area contributed by atoms with E-state index in [2.05, 4.69) is 44.0 Å². The number of ether oxygens (including phenoxy) is 2. The smallest absolute Gasteiger partial charge is 0.262 e. The number of nitrogens with two attached hydrogens (primary N) is 1. The number of thiocarbonyl (C=S) groups is 1. The largest absolute Gasteiger partial charge is 0.495 e. The van der Waals surface area contributed by atoms with E-state index < -0.39 is 0 Å². The Bertz CT molecular complexity index is 829. The molecule has 0 spiro atoms. The van der Waals surface area contributed by atoms with Crippen molar-refractivity contribution in [1.29, 1.82) is 0 Å². The van der Waals surface area contributed by atoms with Crippen LogP contribution >= 0.6 is 28.1 Å². The zero-order valence-corrected chi connectivity index (χ0v) is 16.3. The van der Waals surface area contributed by atoms with E-state index in [1.54, 1.807) is 36.4 Å². The second-order valence-corrected chi connectivity index (χ2v) is 6.31. The maximum absolute atomic E-state index is 12.2. The summed E-state index contributed by atoms with van der Waals surface area (Å²) in [5, 5.41) is 6.69. The minimum atomic E-state index is -0.318. The molecule has 1 amide bonds. The van der Waals surface area contributed by atoms with Gasteiger partial charge >= 0.3 is 0 Å². The Morgan fingerprint density at radius 1 is 1.31 bits per heavy atom. The predicted molar refractivity (Wildman–Crippen MR) is 109 cm³/mol. The number of hydrazone groups is 1. The fourth-order valence-corrected chi connectivity index (χ4v) is 2.43. The molecular formula is C17H17BrN4O3S. The number of anilines is 1. The van der Waals surface area contributed by atoms with Crippen molar-refractivity contribution in [1.82, 2.24) is 5.43 Å². The lowest BCUT2D eigenvalue weighted by Crippen LogP contribution is -2.24. The molecule has 0 saturated heterocycles. The van der Waals surface area contributed by atoms with Crippen molar-refractivity contribution < 1.29 is 14.3 Å². The van der Waals surface area contributed by atoms with Crippen LogP contribution in [0.4, 0.5) is 5.69 Å². The van der Waals surface area contributed by atoms with Gasteiger partial charge in [0.1, 0.15) is 11.5 Å². The Labute approximate surface area is 164 Å². The lowest BCUT2D eigenvalue weighted by atomic mass is 10.2. The molecule has 2 aromatic rings. The van der Waals surface area contributed by atoms with Gasteiger partial charge in [0, 0.05) is 10.0 Å². The summed E-state index contributed by atoms with van der Waals surface area (Å²) in [4.78, 5) is 12.2. The second-order valence-electron chi connectivity index (χ2n) is 4.95. The first-order chi connectivity index (χ1) is 12.5. The van der Waals surface area contributed by atoms with Gasteiger partial charge in [0.2, 0.25) is 0 Å². The normalized spacial score (nSPS) is 10.4. The second kappa shape index (κ2) is 9.73. The summed E-state index contributed by atoms with van der Waals surface area (Å²) in [6.45, 7) is -0.177. The summed E-state index contributed by atoms with van der Waals surface area (Å²) in [6, 6.07) is 12.4. The van der Waals surface area contributed by atoms with Gasteiger partial charge in [0.15, 0.2) is 11.7 Å². The van der Waals surface area contributed by atoms with Gasteiger partial charge in [-0.1, -0.05) is 28.1 Å². The van der Waals surface area contributed by atoms with Crippen molar-refractivity contribution in [2.75, 3.05) is 19.0 Å². The molecule has 0 saturated carbocycles. The summed E-state index contributed by atoms with van der Waals surface area (Å²) in [5.74, 6) is 0.736. The number of rotatable bonds is 7. The summed E-state index contributed by atoms with van der Waals surface area (Å²) in [7, 11) is 1.54. The van der Waals surface area contributed by atoms with Crippen molar-refractivity contribution in [2.45, 2.75) is 0 Å². The average molecular weight is 437 g/mol. The maximum Gasteiger partial charge on any atom is 0.262 e. The Morgan fingerprint density at radius 3 is 2.81 bits per heavy atom. The van der Waals surface area contributed by atoms with Crippen LogP contribution in [0.5, 0.6) is 11.5 Å². The molecule has 0 aliphatic rings. The highest BCUT2D eigenvalue weighted by Crippen LogP contribution is 2.24. The van der Waals surface area contributed by atoms with Gasteiger partial charge in [-0.15, -0.1) is 0 Å². The molecular weight excluding hydrogens is 420 g/mol. The van der Waals surface area contributed by atoms with Crippen LogP contribution in [0.25, 0.3) is 0 Å². The number of carbonyl (C=O) groups excluding carboxylic acids is 1. The minimum Gasteiger partial charge on any atom is -0.495 e. The quantitative estimate of drug-likeness (QED) is 0.350. The molecule has 136 valence electrons. The molecule has 0 aliphatic carbocycles. The molecule has 0 bridgehead atoms. The van der Waals surface area contributed by atoms with Crippen molar-refractivity contribution in [3.05, 3.63) is 52.5 Å². The number of hydrogen-bond donors (Lipinski definition) is 3. The topological polar surface area (TPSA) is 98.0 Å². The van der Waals surface area contributed by atoms with E-state index in [0.29, 0.717) is 22.7 Å². The monoisotopic (exact) mass is 436 g/mol. The highest BCUT2D eigenvalue weighted by Gasteiger charge is 2.09. The fraction of sp³-hybridized carbons (Fsp3) is 0.118. The van der Waals surface area contributed by atoms with Crippen molar-refractivity contribution in [2.24, 2.45) is 10.8 Å². The maximum atomic E-state index is 12.2. The van der Waals surface area contributed by atoms with Gasteiger partial charge < -0.3 is 20.5 Å². The summed E-state index contributed by atoms with van der Waals surface area (Å²) in [6.07, 6.45) is 1.50. The fourth-order valence-electron chi connectivity index (χ4n) is 1.99. The number of amides is 1. The third-order valence-corrected chi connectivity index (χ3v) is 3.67. The number of methoxy groups -OCH3 is 1. The first-order valence-electron chi connectivity index (χ1n) is 7.43. The summed E-state index contributed by atoms with van der Waals surface area (Å²) < 4.78 is 11.6. The number of carbonyl (C=O) groups is 1. The van der Waals surface area contributed by atoms with E-state index in [1.807, 2.05) is 6.07 Å². The Hall–Kier alpha value is -2.65. The third kappa shape index (κ3) is 6.01. The standard InChI is InChI=1S/C17H17BrN4O3S/c1-24-15-5-3-2-4-13(15)21-16(23)10-25-14-7-6-12(18)8-11(14)9-20-22-17(19)26/h2-9H,10H2,1H3,(H,21,23)(H3,19,22,26)/b20-9-. The Kier molecular flexibility index (Phi) is 7.37. The zero-order chi connectivity index (χ0) is 18.9. The minimum absolute atomic E-state index is 0.0508. The first-order valence-corrected chi connectivity index (χ1v) is 8.63. The molecule has 0 atom stereocenters. The molecule has 7 nitrogen and oxygen atoms in total. The molecule has 9 heteroatoms.